The number of rotatable bonds is 4. The van der Waals surface area contributed by atoms with Crippen LogP contribution in [0.15, 0.2) is 18.2 Å². The highest BCUT2D eigenvalue weighted by Gasteiger charge is 2.18. The molecule has 1 aromatic carbocycles. The van der Waals surface area contributed by atoms with Gasteiger partial charge in [0.05, 0.1) is 11.3 Å². The van der Waals surface area contributed by atoms with E-state index in [0.717, 1.165) is 6.26 Å². The van der Waals surface area contributed by atoms with Crippen molar-refractivity contribution in [2.45, 2.75) is 6.92 Å². The van der Waals surface area contributed by atoms with E-state index in [0.29, 0.717) is 5.56 Å². The third-order valence-electron chi connectivity index (χ3n) is 2.57. The molecule has 0 atom stereocenters. The molecule has 0 aromatic heterocycles. The maximum absolute atomic E-state index is 13.7. The molecule has 4 nitrogen and oxygen atoms in total. The second-order valence-electron chi connectivity index (χ2n) is 4.29. The number of sulfone groups is 1. The molecule has 0 aliphatic rings. The first kappa shape index (κ1) is 14.6. The number of aryl methyl sites for hydroxylation is 1. The summed E-state index contributed by atoms with van der Waals surface area (Å²) < 4.78 is 35.7. The standard InChI is InChI=1S/C12H16FNO3S/c1-9-5-4-6-10(11(9)13)12(15)14(2)7-8-18(3,16)17/h4-6H,7-8H2,1-3H3. The van der Waals surface area contributed by atoms with E-state index in [9.17, 15) is 17.6 Å². The summed E-state index contributed by atoms with van der Waals surface area (Å²) in [6, 6.07) is 4.56. The fourth-order valence-electron chi connectivity index (χ4n) is 1.42. The van der Waals surface area contributed by atoms with Crippen LogP contribution in [0.1, 0.15) is 15.9 Å². The average molecular weight is 273 g/mol. The highest BCUT2D eigenvalue weighted by molar-refractivity contribution is 7.90. The van der Waals surface area contributed by atoms with Crippen LogP contribution in [0.3, 0.4) is 0 Å². The molecule has 0 aliphatic heterocycles. The SMILES string of the molecule is Cc1cccc(C(=O)N(C)CCS(C)(=O)=O)c1F. The molecular weight excluding hydrogens is 257 g/mol. The monoisotopic (exact) mass is 273 g/mol. The van der Waals surface area contributed by atoms with Crippen molar-refractivity contribution in [3.05, 3.63) is 35.1 Å². The zero-order valence-electron chi connectivity index (χ0n) is 10.6. The van der Waals surface area contributed by atoms with E-state index in [4.69, 9.17) is 0 Å². The van der Waals surface area contributed by atoms with E-state index in [1.54, 1.807) is 19.1 Å². The third kappa shape index (κ3) is 3.80. The Labute approximate surface area is 106 Å². The van der Waals surface area contributed by atoms with E-state index in [2.05, 4.69) is 0 Å². The average Bonchev–Trinajstić information content (AvgIpc) is 2.28. The lowest BCUT2D eigenvalue weighted by Crippen LogP contribution is -2.32. The number of hydrogen-bond donors (Lipinski definition) is 0. The summed E-state index contributed by atoms with van der Waals surface area (Å²) in [5, 5.41) is 0. The van der Waals surface area contributed by atoms with Crippen LogP contribution in [0.5, 0.6) is 0 Å². The number of carbonyl (C=O) groups is 1. The van der Waals surface area contributed by atoms with Crippen molar-refractivity contribution < 1.29 is 17.6 Å². The van der Waals surface area contributed by atoms with Crippen molar-refractivity contribution in [2.75, 3.05) is 25.6 Å². The lowest BCUT2D eigenvalue weighted by molar-refractivity contribution is 0.0798. The maximum atomic E-state index is 13.7. The quantitative estimate of drug-likeness (QED) is 0.829. The van der Waals surface area contributed by atoms with Crippen LogP contribution in [0, 0.1) is 12.7 Å². The predicted molar refractivity (Wildman–Crippen MR) is 67.8 cm³/mol. The molecule has 0 fully saturated rings. The highest BCUT2D eigenvalue weighted by atomic mass is 32.2. The topological polar surface area (TPSA) is 54.5 Å². The summed E-state index contributed by atoms with van der Waals surface area (Å²) in [4.78, 5) is 13.1. The van der Waals surface area contributed by atoms with Gasteiger partial charge in [0.25, 0.3) is 5.91 Å². The summed E-state index contributed by atoms with van der Waals surface area (Å²) in [5.41, 5.74) is 0.350. The smallest absolute Gasteiger partial charge is 0.256 e. The van der Waals surface area contributed by atoms with Gasteiger partial charge in [0, 0.05) is 19.8 Å². The van der Waals surface area contributed by atoms with E-state index >= 15 is 0 Å². The second kappa shape index (κ2) is 5.48. The van der Waals surface area contributed by atoms with Gasteiger partial charge >= 0.3 is 0 Å². The summed E-state index contributed by atoms with van der Waals surface area (Å²) in [6.07, 6.45) is 1.10. The van der Waals surface area contributed by atoms with Gasteiger partial charge in [-0.25, -0.2) is 12.8 Å². The van der Waals surface area contributed by atoms with Crippen LogP contribution in [0.4, 0.5) is 4.39 Å². The molecule has 0 aliphatic carbocycles. The van der Waals surface area contributed by atoms with Crippen molar-refractivity contribution in [1.29, 1.82) is 0 Å². The van der Waals surface area contributed by atoms with E-state index in [-0.39, 0.29) is 17.9 Å². The van der Waals surface area contributed by atoms with Gasteiger partial charge in [0.15, 0.2) is 0 Å². The molecule has 18 heavy (non-hydrogen) atoms. The Morgan fingerprint density at radius 1 is 1.39 bits per heavy atom. The van der Waals surface area contributed by atoms with Crippen LogP contribution in [0.25, 0.3) is 0 Å². The molecule has 100 valence electrons. The first-order valence-corrected chi connectivity index (χ1v) is 7.46. The van der Waals surface area contributed by atoms with Crippen molar-refractivity contribution in [2.24, 2.45) is 0 Å². The predicted octanol–water partition coefficient (Wildman–Crippen LogP) is 1.25. The molecular formula is C12H16FNO3S. The first-order valence-electron chi connectivity index (χ1n) is 5.40. The molecule has 0 saturated carbocycles. The zero-order valence-corrected chi connectivity index (χ0v) is 11.4. The zero-order chi connectivity index (χ0) is 13.9. The van der Waals surface area contributed by atoms with Gasteiger partial charge in [0.1, 0.15) is 15.7 Å². The number of benzene rings is 1. The van der Waals surface area contributed by atoms with Crippen molar-refractivity contribution in [3.8, 4) is 0 Å². The Bertz CT molecular complexity index is 554. The highest BCUT2D eigenvalue weighted by Crippen LogP contribution is 2.13. The van der Waals surface area contributed by atoms with Gasteiger partial charge in [-0.2, -0.15) is 0 Å². The lowest BCUT2D eigenvalue weighted by atomic mass is 10.1. The van der Waals surface area contributed by atoms with Gasteiger partial charge in [-0.05, 0) is 18.6 Å². The number of halogens is 1. The lowest BCUT2D eigenvalue weighted by Gasteiger charge is -2.17. The van der Waals surface area contributed by atoms with Crippen molar-refractivity contribution in [3.63, 3.8) is 0 Å². The van der Waals surface area contributed by atoms with E-state index in [1.165, 1.54) is 18.0 Å². The fraction of sp³-hybridized carbons (Fsp3) is 0.417. The molecule has 0 saturated heterocycles. The van der Waals surface area contributed by atoms with Crippen molar-refractivity contribution in [1.82, 2.24) is 4.90 Å². The largest absolute Gasteiger partial charge is 0.341 e. The number of carbonyl (C=O) groups excluding carboxylic acids is 1. The molecule has 6 heteroatoms. The minimum absolute atomic E-state index is 0.0361. The number of amides is 1. The Morgan fingerprint density at radius 2 is 2.00 bits per heavy atom. The first-order chi connectivity index (χ1) is 8.22. The molecule has 0 N–H and O–H groups in total. The summed E-state index contributed by atoms with van der Waals surface area (Å²) in [6.45, 7) is 1.62. The number of hydrogen-bond acceptors (Lipinski definition) is 3. The van der Waals surface area contributed by atoms with Crippen LogP contribution in [-0.2, 0) is 9.84 Å². The second-order valence-corrected chi connectivity index (χ2v) is 6.55. The Balaban J connectivity index is 2.84. The molecule has 0 spiro atoms. The van der Waals surface area contributed by atoms with E-state index < -0.39 is 21.6 Å². The Kier molecular flexibility index (Phi) is 4.45. The molecule has 1 rings (SSSR count). The van der Waals surface area contributed by atoms with Crippen LogP contribution in [0.2, 0.25) is 0 Å². The minimum Gasteiger partial charge on any atom is -0.341 e. The summed E-state index contributed by atoms with van der Waals surface area (Å²) in [7, 11) is -1.69. The van der Waals surface area contributed by atoms with Crippen LogP contribution < -0.4 is 0 Å². The minimum atomic E-state index is -3.14. The van der Waals surface area contributed by atoms with Gasteiger partial charge in [-0.15, -0.1) is 0 Å². The normalized spacial score (nSPS) is 11.3. The molecule has 0 bridgehead atoms. The number of nitrogens with zero attached hydrogens (tertiary/aromatic N) is 1. The molecule has 1 aromatic rings. The van der Waals surface area contributed by atoms with Gasteiger partial charge in [-0.3, -0.25) is 4.79 Å². The Morgan fingerprint density at radius 3 is 2.56 bits per heavy atom. The Hall–Kier alpha value is -1.43. The van der Waals surface area contributed by atoms with Crippen molar-refractivity contribution >= 4 is 15.7 Å². The van der Waals surface area contributed by atoms with E-state index in [1.807, 2.05) is 0 Å². The van der Waals surface area contributed by atoms with Gasteiger partial charge < -0.3 is 4.90 Å². The fourth-order valence-corrected chi connectivity index (χ4v) is 2.03. The molecule has 0 unspecified atom stereocenters. The maximum Gasteiger partial charge on any atom is 0.256 e. The van der Waals surface area contributed by atoms with Gasteiger partial charge in [-0.1, -0.05) is 12.1 Å². The molecule has 1 amide bonds. The van der Waals surface area contributed by atoms with Crippen LogP contribution in [-0.4, -0.2) is 44.8 Å². The van der Waals surface area contributed by atoms with Gasteiger partial charge in [0.2, 0.25) is 0 Å². The third-order valence-corrected chi connectivity index (χ3v) is 3.49. The summed E-state index contributed by atoms with van der Waals surface area (Å²) in [5.74, 6) is -1.21. The van der Waals surface area contributed by atoms with Crippen LogP contribution >= 0.6 is 0 Å². The molecule has 0 radical (unpaired) electrons. The summed E-state index contributed by atoms with van der Waals surface area (Å²) >= 11 is 0. The molecule has 0 heterocycles.